The molecule has 6 nitrogen and oxygen atoms in total. The predicted molar refractivity (Wildman–Crippen MR) is 129 cm³/mol. The first-order valence-corrected chi connectivity index (χ1v) is 11.5. The standard InChI is InChI=1S/C27H28N4O2/c32-25(28-23-14-8-3-9-15-23)30-18-16-24(17-19-30)31-20-27(29-26(31)33,21-10-4-1-5-11-21)22-12-6-2-7-13-22/h1-15,24H,16-20H2,(H,28,32)(H,29,33). The van der Waals surface area contributed by atoms with Crippen LogP contribution in [0, 0.1) is 0 Å². The van der Waals surface area contributed by atoms with E-state index in [4.69, 9.17) is 0 Å². The number of nitrogens with one attached hydrogen (secondary N) is 2. The van der Waals surface area contributed by atoms with Gasteiger partial charge in [-0.15, -0.1) is 0 Å². The van der Waals surface area contributed by atoms with Gasteiger partial charge in [0.25, 0.3) is 0 Å². The average molecular weight is 441 g/mol. The van der Waals surface area contributed by atoms with Crippen molar-refractivity contribution in [1.29, 1.82) is 0 Å². The van der Waals surface area contributed by atoms with Gasteiger partial charge >= 0.3 is 12.1 Å². The fourth-order valence-electron chi connectivity index (χ4n) is 4.96. The van der Waals surface area contributed by atoms with Gasteiger partial charge in [0.2, 0.25) is 0 Å². The molecule has 0 aromatic heterocycles. The molecule has 0 saturated carbocycles. The third kappa shape index (κ3) is 4.16. The number of hydrogen-bond donors (Lipinski definition) is 2. The smallest absolute Gasteiger partial charge is 0.321 e. The summed E-state index contributed by atoms with van der Waals surface area (Å²) in [6, 6.07) is 29.8. The Morgan fingerprint density at radius 3 is 1.88 bits per heavy atom. The van der Waals surface area contributed by atoms with Crippen molar-refractivity contribution in [2.75, 3.05) is 25.0 Å². The number of carbonyl (C=O) groups is 2. The number of rotatable bonds is 4. The molecule has 2 saturated heterocycles. The maximum atomic E-state index is 13.2. The topological polar surface area (TPSA) is 64.7 Å². The highest BCUT2D eigenvalue weighted by atomic mass is 16.2. The van der Waals surface area contributed by atoms with Crippen LogP contribution in [0.3, 0.4) is 0 Å². The first-order chi connectivity index (χ1) is 16.2. The summed E-state index contributed by atoms with van der Waals surface area (Å²) in [5.41, 5.74) is 2.36. The molecule has 4 amide bonds. The van der Waals surface area contributed by atoms with Crippen molar-refractivity contribution in [3.8, 4) is 0 Å². The molecule has 5 rings (SSSR count). The Bertz CT molecular complexity index is 1060. The average Bonchev–Trinajstić information content (AvgIpc) is 3.24. The van der Waals surface area contributed by atoms with Crippen LogP contribution in [0.15, 0.2) is 91.0 Å². The summed E-state index contributed by atoms with van der Waals surface area (Å²) in [6.45, 7) is 1.81. The minimum absolute atomic E-state index is 0.0464. The van der Waals surface area contributed by atoms with Crippen LogP contribution in [0.1, 0.15) is 24.0 Å². The molecule has 2 heterocycles. The number of nitrogens with zero attached hydrogens (tertiary/aromatic N) is 2. The van der Waals surface area contributed by atoms with Gasteiger partial charge in [0.1, 0.15) is 5.54 Å². The van der Waals surface area contributed by atoms with Crippen LogP contribution in [0.5, 0.6) is 0 Å². The molecule has 0 spiro atoms. The van der Waals surface area contributed by atoms with Crippen LogP contribution in [-0.4, -0.2) is 47.5 Å². The van der Waals surface area contributed by atoms with Crippen molar-refractivity contribution in [2.45, 2.75) is 24.4 Å². The molecule has 2 N–H and O–H groups in total. The van der Waals surface area contributed by atoms with Gasteiger partial charge in [-0.1, -0.05) is 78.9 Å². The number of amides is 4. The highest BCUT2D eigenvalue weighted by Crippen LogP contribution is 2.36. The number of carbonyl (C=O) groups excluding carboxylic acids is 2. The van der Waals surface area contributed by atoms with E-state index >= 15 is 0 Å². The van der Waals surface area contributed by atoms with Crippen molar-refractivity contribution in [3.05, 3.63) is 102 Å². The normalized spacial score (nSPS) is 18.1. The third-order valence-electron chi connectivity index (χ3n) is 6.74. The largest absolute Gasteiger partial charge is 0.324 e. The molecule has 2 fully saturated rings. The maximum Gasteiger partial charge on any atom is 0.321 e. The zero-order chi connectivity index (χ0) is 22.7. The molecule has 0 radical (unpaired) electrons. The molecule has 0 aliphatic carbocycles. The number of urea groups is 2. The molecule has 168 valence electrons. The van der Waals surface area contributed by atoms with E-state index in [1.54, 1.807) is 0 Å². The first kappa shape index (κ1) is 21.1. The van der Waals surface area contributed by atoms with Crippen LogP contribution in [-0.2, 0) is 5.54 Å². The van der Waals surface area contributed by atoms with E-state index in [-0.39, 0.29) is 18.1 Å². The lowest BCUT2D eigenvalue weighted by Crippen LogP contribution is -2.48. The molecule has 0 unspecified atom stereocenters. The van der Waals surface area contributed by atoms with Gasteiger partial charge in [-0.2, -0.15) is 0 Å². The number of piperidine rings is 1. The molecule has 0 bridgehead atoms. The minimum atomic E-state index is -0.582. The maximum absolute atomic E-state index is 13.2. The summed E-state index contributed by atoms with van der Waals surface area (Å²) in [4.78, 5) is 29.7. The Morgan fingerprint density at radius 2 is 1.33 bits per heavy atom. The number of para-hydroxylation sites is 1. The van der Waals surface area contributed by atoms with Gasteiger partial charge in [0.05, 0.1) is 6.54 Å². The van der Waals surface area contributed by atoms with Crippen LogP contribution in [0.25, 0.3) is 0 Å². The number of anilines is 1. The Balaban J connectivity index is 1.30. The first-order valence-electron chi connectivity index (χ1n) is 11.5. The lowest BCUT2D eigenvalue weighted by Gasteiger charge is -2.37. The minimum Gasteiger partial charge on any atom is -0.324 e. The molecule has 6 heteroatoms. The lowest BCUT2D eigenvalue weighted by molar-refractivity contribution is 0.144. The number of benzene rings is 3. The van der Waals surface area contributed by atoms with Crippen molar-refractivity contribution in [3.63, 3.8) is 0 Å². The second-order valence-electron chi connectivity index (χ2n) is 8.71. The molecule has 3 aromatic carbocycles. The van der Waals surface area contributed by atoms with E-state index in [0.717, 1.165) is 29.7 Å². The monoisotopic (exact) mass is 440 g/mol. The predicted octanol–water partition coefficient (Wildman–Crippen LogP) is 4.65. The molecular weight excluding hydrogens is 412 g/mol. The second kappa shape index (κ2) is 8.98. The lowest BCUT2D eigenvalue weighted by atomic mass is 9.83. The van der Waals surface area contributed by atoms with Gasteiger partial charge in [-0.05, 0) is 36.1 Å². The second-order valence-corrected chi connectivity index (χ2v) is 8.71. The third-order valence-corrected chi connectivity index (χ3v) is 6.74. The molecule has 0 atom stereocenters. The Labute approximate surface area is 194 Å². The van der Waals surface area contributed by atoms with E-state index in [2.05, 4.69) is 34.9 Å². The molecule has 2 aliphatic heterocycles. The van der Waals surface area contributed by atoms with Crippen molar-refractivity contribution >= 4 is 17.7 Å². The van der Waals surface area contributed by atoms with Crippen molar-refractivity contribution in [1.82, 2.24) is 15.1 Å². The summed E-state index contributed by atoms with van der Waals surface area (Å²) in [6.07, 6.45) is 1.52. The molecular formula is C27H28N4O2. The highest BCUT2D eigenvalue weighted by molar-refractivity contribution is 5.89. The zero-order valence-corrected chi connectivity index (χ0v) is 18.5. The Morgan fingerprint density at radius 1 is 0.818 bits per heavy atom. The fourth-order valence-corrected chi connectivity index (χ4v) is 4.96. The molecule has 33 heavy (non-hydrogen) atoms. The Kier molecular flexibility index (Phi) is 5.73. The summed E-state index contributed by atoms with van der Waals surface area (Å²) < 4.78 is 0. The van der Waals surface area contributed by atoms with Gasteiger partial charge < -0.3 is 20.4 Å². The summed E-state index contributed by atoms with van der Waals surface area (Å²) in [7, 11) is 0. The van der Waals surface area contributed by atoms with Crippen LogP contribution in [0.2, 0.25) is 0 Å². The molecule has 2 aliphatic rings. The van der Waals surface area contributed by atoms with Crippen LogP contribution >= 0.6 is 0 Å². The summed E-state index contributed by atoms with van der Waals surface area (Å²) >= 11 is 0. The summed E-state index contributed by atoms with van der Waals surface area (Å²) in [5, 5.41) is 6.26. The summed E-state index contributed by atoms with van der Waals surface area (Å²) in [5.74, 6) is 0. The molecule has 3 aromatic rings. The van der Waals surface area contributed by atoms with Gasteiger partial charge in [-0.3, -0.25) is 0 Å². The SMILES string of the molecule is O=C(Nc1ccccc1)N1CCC(N2CC(c3ccccc3)(c3ccccc3)NC2=O)CC1. The fraction of sp³-hybridized carbons (Fsp3) is 0.259. The van der Waals surface area contributed by atoms with E-state index in [1.165, 1.54) is 0 Å². The van der Waals surface area contributed by atoms with Crippen molar-refractivity contribution < 1.29 is 9.59 Å². The van der Waals surface area contributed by atoms with Crippen molar-refractivity contribution in [2.24, 2.45) is 0 Å². The highest BCUT2D eigenvalue weighted by Gasteiger charge is 2.47. The zero-order valence-electron chi connectivity index (χ0n) is 18.5. The van der Waals surface area contributed by atoms with Crippen LogP contribution in [0.4, 0.5) is 15.3 Å². The van der Waals surface area contributed by atoms with Gasteiger partial charge in [-0.25, -0.2) is 9.59 Å². The van der Waals surface area contributed by atoms with Gasteiger partial charge in [0.15, 0.2) is 0 Å². The number of hydrogen-bond acceptors (Lipinski definition) is 2. The quantitative estimate of drug-likeness (QED) is 0.620. The van der Waals surface area contributed by atoms with Crippen LogP contribution < -0.4 is 10.6 Å². The van der Waals surface area contributed by atoms with Gasteiger partial charge in [0, 0.05) is 24.8 Å². The van der Waals surface area contributed by atoms with E-state index in [0.29, 0.717) is 19.6 Å². The number of likely N-dealkylation sites (tertiary alicyclic amines) is 1. The van der Waals surface area contributed by atoms with E-state index in [1.807, 2.05) is 76.5 Å². The van der Waals surface area contributed by atoms with E-state index in [9.17, 15) is 9.59 Å². The van der Waals surface area contributed by atoms with E-state index < -0.39 is 5.54 Å². The Hall–Kier alpha value is -3.80.